The predicted octanol–water partition coefficient (Wildman–Crippen LogP) is 1.92. The molecule has 0 amide bonds. The molecule has 2 saturated heterocycles. The highest BCUT2D eigenvalue weighted by molar-refractivity contribution is 5.62. The fourth-order valence-electron chi connectivity index (χ4n) is 5.56. The topological polar surface area (TPSA) is 135 Å². The normalized spacial score (nSPS) is 21.0. The average Bonchev–Trinajstić information content (AvgIpc) is 3.49. The van der Waals surface area contributed by atoms with E-state index in [-0.39, 0.29) is 36.5 Å². The summed E-state index contributed by atoms with van der Waals surface area (Å²) >= 11 is 0. The molecule has 0 spiro atoms. The van der Waals surface area contributed by atoms with Crippen LogP contribution in [0.25, 0.3) is 5.69 Å². The number of benzene rings is 1. The van der Waals surface area contributed by atoms with E-state index in [0.29, 0.717) is 23.2 Å². The molecule has 5 rings (SSSR count). The second kappa shape index (κ2) is 10.1. The van der Waals surface area contributed by atoms with Crippen LogP contribution < -0.4 is 21.1 Å². The molecule has 0 aliphatic carbocycles. The molecule has 13 heteroatoms. The summed E-state index contributed by atoms with van der Waals surface area (Å²) in [5, 5.41) is 23.2. The second-order valence-electron chi connectivity index (χ2n) is 10.1. The van der Waals surface area contributed by atoms with E-state index < -0.39 is 11.5 Å². The van der Waals surface area contributed by atoms with Crippen molar-refractivity contribution in [3.8, 4) is 11.4 Å². The highest BCUT2D eigenvalue weighted by atomic mass is 19.1. The molecule has 0 bridgehead atoms. The number of tetrazole rings is 1. The van der Waals surface area contributed by atoms with Crippen LogP contribution in [0, 0.1) is 5.82 Å². The van der Waals surface area contributed by atoms with Crippen molar-refractivity contribution in [1.82, 2.24) is 34.7 Å². The van der Waals surface area contributed by atoms with Crippen molar-refractivity contribution >= 4 is 17.5 Å². The SMILES string of the molecule is COc1ccc(Nc2ncc(F)c(N[C@@H]3C[C@H]4CCCN4C(C)(C)C3)n2)cc1-n1nnn(CCO)c1=O. The first kappa shape index (κ1) is 25.1. The summed E-state index contributed by atoms with van der Waals surface area (Å²) in [6.45, 7) is 5.39. The molecule has 3 aromatic rings. The van der Waals surface area contributed by atoms with Crippen LogP contribution in [0.5, 0.6) is 5.75 Å². The molecule has 198 valence electrons. The molecule has 12 nitrogen and oxygen atoms in total. The number of aliphatic hydroxyl groups is 1. The average molecular weight is 514 g/mol. The number of ether oxygens (including phenoxy) is 1. The number of hydrogen-bond acceptors (Lipinski definition) is 10. The fraction of sp³-hybridized carbons (Fsp3) is 0.542. The molecular formula is C24H32FN9O3. The Hall–Kier alpha value is -3.58. The number of fused-ring (bicyclic) bond motifs is 1. The molecule has 2 aromatic heterocycles. The summed E-state index contributed by atoms with van der Waals surface area (Å²) < 4.78 is 22.2. The summed E-state index contributed by atoms with van der Waals surface area (Å²) in [6.07, 6.45) is 5.34. The third kappa shape index (κ3) is 5.01. The van der Waals surface area contributed by atoms with Gasteiger partial charge in [0.2, 0.25) is 5.95 Å². The molecule has 2 atom stereocenters. The Labute approximate surface area is 213 Å². The van der Waals surface area contributed by atoms with Crippen LogP contribution in [-0.2, 0) is 6.54 Å². The third-order valence-electron chi connectivity index (χ3n) is 7.16. The molecule has 0 saturated carbocycles. The first-order valence-electron chi connectivity index (χ1n) is 12.4. The van der Waals surface area contributed by atoms with Crippen LogP contribution in [-0.4, -0.2) is 77.6 Å². The number of piperidine rings is 1. The third-order valence-corrected chi connectivity index (χ3v) is 7.16. The molecule has 2 aliphatic rings. The highest BCUT2D eigenvalue weighted by Crippen LogP contribution is 2.38. The number of rotatable bonds is 8. The number of methoxy groups -OCH3 is 1. The second-order valence-corrected chi connectivity index (χ2v) is 10.1. The minimum absolute atomic E-state index is 0.0231. The molecule has 3 N–H and O–H groups in total. The van der Waals surface area contributed by atoms with E-state index in [2.05, 4.69) is 49.8 Å². The van der Waals surface area contributed by atoms with Gasteiger partial charge in [-0.05, 0) is 74.7 Å². The quantitative estimate of drug-likeness (QED) is 0.410. The van der Waals surface area contributed by atoms with Crippen LogP contribution in [0.1, 0.15) is 39.5 Å². The molecular weight excluding hydrogens is 481 g/mol. The molecule has 1 aromatic carbocycles. The van der Waals surface area contributed by atoms with Gasteiger partial charge in [0.25, 0.3) is 0 Å². The number of hydrogen-bond donors (Lipinski definition) is 3. The molecule has 2 fully saturated rings. The minimum atomic E-state index is -0.523. The Morgan fingerprint density at radius 2 is 2.14 bits per heavy atom. The van der Waals surface area contributed by atoms with E-state index in [1.165, 1.54) is 13.5 Å². The van der Waals surface area contributed by atoms with Crippen molar-refractivity contribution in [1.29, 1.82) is 0 Å². The van der Waals surface area contributed by atoms with Crippen LogP contribution in [0.15, 0.2) is 29.2 Å². The van der Waals surface area contributed by atoms with Crippen LogP contribution in [0.3, 0.4) is 0 Å². The van der Waals surface area contributed by atoms with Gasteiger partial charge in [-0.15, -0.1) is 0 Å². The monoisotopic (exact) mass is 513 g/mol. The van der Waals surface area contributed by atoms with Crippen molar-refractivity contribution in [2.45, 2.75) is 63.7 Å². The largest absolute Gasteiger partial charge is 0.494 e. The Morgan fingerprint density at radius 1 is 1.30 bits per heavy atom. The summed E-state index contributed by atoms with van der Waals surface area (Å²) in [6, 6.07) is 5.63. The molecule has 2 aliphatic heterocycles. The first-order valence-corrected chi connectivity index (χ1v) is 12.4. The smallest absolute Gasteiger partial charge is 0.368 e. The van der Waals surface area contributed by atoms with Gasteiger partial charge in [0.15, 0.2) is 11.6 Å². The van der Waals surface area contributed by atoms with Crippen molar-refractivity contribution in [3.05, 3.63) is 40.7 Å². The fourth-order valence-corrected chi connectivity index (χ4v) is 5.56. The lowest BCUT2D eigenvalue weighted by atomic mass is 9.84. The molecule has 4 heterocycles. The summed E-state index contributed by atoms with van der Waals surface area (Å²) in [4.78, 5) is 23.7. The first-order chi connectivity index (χ1) is 17.8. The predicted molar refractivity (Wildman–Crippen MR) is 135 cm³/mol. The number of aromatic nitrogens is 6. The summed E-state index contributed by atoms with van der Waals surface area (Å²) in [5.41, 5.74) is 0.397. The van der Waals surface area contributed by atoms with E-state index in [9.17, 15) is 9.18 Å². The van der Waals surface area contributed by atoms with E-state index >= 15 is 0 Å². The van der Waals surface area contributed by atoms with Gasteiger partial charge < -0.3 is 20.5 Å². The van der Waals surface area contributed by atoms with E-state index in [1.807, 2.05) is 0 Å². The highest BCUT2D eigenvalue weighted by Gasteiger charge is 2.43. The van der Waals surface area contributed by atoms with Crippen LogP contribution in [0.4, 0.5) is 21.8 Å². The van der Waals surface area contributed by atoms with Gasteiger partial charge in [0.05, 0.1) is 26.5 Å². The lowest BCUT2D eigenvalue weighted by Crippen LogP contribution is -2.55. The van der Waals surface area contributed by atoms with Crippen molar-refractivity contribution in [3.63, 3.8) is 0 Å². The zero-order valence-electron chi connectivity index (χ0n) is 21.2. The maximum Gasteiger partial charge on any atom is 0.368 e. The van der Waals surface area contributed by atoms with Gasteiger partial charge in [0.1, 0.15) is 11.4 Å². The van der Waals surface area contributed by atoms with Crippen molar-refractivity contribution in [2.24, 2.45) is 0 Å². The Balaban J connectivity index is 1.37. The number of aliphatic hydroxyl groups excluding tert-OH is 1. The van der Waals surface area contributed by atoms with Crippen LogP contribution in [0.2, 0.25) is 0 Å². The van der Waals surface area contributed by atoms with Gasteiger partial charge in [0, 0.05) is 23.3 Å². The van der Waals surface area contributed by atoms with Crippen molar-refractivity contribution < 1.29 is 14.2 Å². The molecule has 0 radical (unpaired) electrons. The Morgan fingerprint density at radius 3 is 2.92 bits per heavy atom. The van der Waals surface area contributed by atoms with Gasteiger partial charge in [-0.3, -0.25) is 4.90 Å². The maximum atomic E-state index is 14.7. The van der Waals surface area contributed by atoms with Gasteiger partial charge in [-0.1, -0.05) is 0 Å². The minimum Gasteiger partial charge on any atom is -0.494 e. The lowest BCUT2D eigenvalue weighted by molar-refractivity contribution is 0.0500. The zero-order valence-corrected chi connectivity index (χ0v) is 21.2. The van der Waals surface area contributed by atoms with Gasteiger partial charge in [-0.2, -0.15) is 14.3 Å². The lowest BCUT2D eigenvalue weighted by Gasteiger charge is -2.47. The molecule has 37 heavy (non-hydrogen) atoms. The zero-order chi connectivity index (χ0) is 26.2. The van der Waals surface area contributed by atoms with Gasteiger partial charge >= 0.3 is 5.69 Å². The van der Waals surface area contributed by atoms with E-state index in [4.69, 9.17) is 9.84 Å². The van der Waals surface area contributed by atoms with Crippen molar-refractivity contribution in [2.75, 3.05) is 30.9 Å². The molecule has 0 unspecified atom stereocenters. The standard InChI is InChI=1S/C24H32FN9O3/c1-24(2)13-16(11-17-5-4-8-32(17)24)27-21-18(25)14-26-22(29-21)28-15-6-7-20(37-3)19(12-15)34-23(36)33(9-10-35)30-31-34/h6-7,12,14,16-17,35H,4-5,8-11,13H2,1-3H3,(H2,26,27,28,29)/t16-,17-/m1/s1. The van der Waals surface area contributed by atoms with E-state index in [0.717, 1.165) is 41.4 Å². The summed E-state index contributed by atoms with van der Waals surface area (Å²) in [5.74, 6) is 0.238. The maximum absolute atomic E-state index is 14.7. The van der Waals surface area contributed by atoms with Crippen LogP contribution >= 0.6 is 0 Å². The number of halogens is 1. The Bertz CT molecular complexity index is 1330. The Kier molecular flexibility index (Phi) is 6.82. The number of nitrogens with zero attached hydrogens (tertiary/aromatic N) is 7. The number of anilines is 3. The van der Waals surface area contributed by atoms with Gasteiger partial charge in [-0.25, -0.2) is 14.2 Å². The summed E-state index contributed by atoms with van der Waals surface area (Å²) in [7, 11) is 1.48. The number of nitrogens with one attached hydrogen (secondary N) is 2. The van der Waals surface area contributed by atoms with E-state index in [1.54, 1.807) is 18.2 Å².